The molecule has 3 heterocycles. The van der Waals surface area contributed by atoms with E-state index in [2.05, 4.69) is 10.1 Å². The van der Waals surface area contributed by atoms with E-state index >= 15 is 0 Å². The zero-order valence-corrected chi connectivity index (χ0v) is 11.8. The van der Waals surface area contributed by atoms with Crippen LogP contribution in [0.25, 0.3) is 17.1 Å². The molecule has 0 aliphatic heterocycles. The number of furan rings is 1. The van der Waals surface area contributed by atoms with E-state index in [0.29, 0.717) is 4.52 Å². The summed E-state index contributed by atoms with van der Waals surface area (Å²) in [4.78, 5) is 15.7. The van der Waals surface area contributed by atoms with Crippen LogP contribution in [0.1, 0.15) is 23.1 Å². The van der Waals surface area contributed by atoms with Crippen molar-refractivity contribution in [3.63, 3.8) is 0 Å². The van der Waals surface area contributed by atoms with Gasteiger partial charge < -0.3 is 9.15 Å². The van der Waals surface area contributed by atoms with E-state index in [1.165, 1.54) is 18.4 Å². The lowest BCUT2D eigenvalue weighted by Gasteiger charge is -2.09. The number of nitrogens with zero attached hydrogens (tertiary/aromatic N) is 3. The number of carbonyl (C=O) groups is 1. The smallest absolute Gasteiger partial charge is 0.433 e. The van der Waals surface area contributed by atoms with Crippen LogP contribution in [-0.2, 0) is 10.9 Å². The molecule has 0 fully saturated rings. The van der Waals surface area contributed by atoms with E-state index in [-0.39, 0.29) is 29.4 Å². The van der Waals surface area contributed by atoms with Crippen LogP contribution >= 0.6 is 0 Å². The van der Waals surface area contributed by atoms with Crippen molar-refractivity contribution in [3.05, 3.63) is 41.9 Å². The Bertz CT molecular complexity index is 853. The first-order chi connectivity index (χ1) is 10.9. The molecule has 3 rings (SSSR count). The van der Waals surface area contributed by atoms with E-state index in [1.54, 1.807) is 6.92 Å². The number of halogens is 3. The summed E-state index contributed by atoms with van der Waals surface area (Å²) in [6, 6.07) is 4.98. The van der Waals surface area contributed by atoms with Crippen LogP contribution in [0.2, 0.25) is 0 Å². The number of hydrogen-bond donors (Lipinski definition) is 0. The molecule has 0 saturated heterocycles. The first-order valence-electron chi connectivity index (χ1n) is 6.59. The predicted octanol–water partition coefficient (Wildman–Crippen LogP) is 3.18. The van der Waals surface area contributed by atoms with E-state index in [9.17, 15) is 18.0 Å². The Morgan fingerprint density at radius 2 is 2.17 bits per heavy atom. The summed E-state index contributed by atoms with van der Waals surface area (Å²) in [7, 11) is 0. The third-order valence-electron chi connectivity index (χ3n) is 2.98. The molecular weight excluding hydrogens is 315 g/mol. The summed E-state index contributed by atoms with van der Waals surface area (Å²) in [6.45, 7) is 1.67. The van der Waals surface area contributed by atoms with Gasteiger partial charge in [0.15, 0.2) is 22.8 Å². The number of alkyl halides is 3. The second-order valence-corrected chi connectivity index (χ2v) is 4.52. The van der Waals surface area contributed by atoms with Crippen LogP contribution in [0.3, 0.4) is 0 Å². The van der Waals surface area contributed by atoms with Crippen molar-refractivity contribution in [1.82, 2.24) is 14.6 Å². The van der Waals surface area contributed by atoms with Gasteiger partial charge in [-0.2, -0.15) is 18.3 Å². The Labute approximate surface area is 127 Å². The zero-order valence-electron chi connectivity index (χ0n) is 11.8. The molecule has 0 amide bonds. The SMILES string of the molecule is CCOC(=O)c1cc2nc(-c3ccco3)cc(C(F)(F)F)n2n1. The number of carbonyl (C=O) groups excluding carboxylic acids is 1. The van der Waals surface area contributed by atoms with Crippen LogP contribution in [0.15, 0.2) is 34.9 Å². The summed E-state index contributed by atoms with van der Waals surface area (Å²) in [5, 5.41) is 3.65. The van der Waals surface area contributed by atoms with Crippen molar-refractivity contribution in [2.24, 2.45) is 0 Å². The van der Waals surface area contributed by atoms with Crippen LogP contribution in [0.4, 0.5) is 13.2 Å². The summed E-state index contributed by atoms with van der Waals surface area (Å²) >= 11 is 0. The largest absolute Gasteiger partial charge is 0.463 e. The molecule has 6 nitrogen and oxygen atoms in total. The highest BCUT2D eigenvalue weighted by Gasteiger charge is 2.36. The first kappa shape index (κ1) is 15.1. The third kappa shape index (κ3) is 2.77. The van der Waals surface area contributed by atoms with Crippen LogP contribution in [0, 0.1) is 0 Å². The van der Waals surface area contributed by atoms with E-state index < -0.39 is 17.8 Å². The molecule has 0 saturated carbocycles. The molecular formula is C14H10F3N3O3. The maximum absolute atomic E-state index is 13.3. The van der Waals surface area contributed by atoms with Gasteiger partial charge in [-0.15, -0.1) is 0 Å². The number of ether oxygens (including phenoxy) is 1. The average molecular weight is 325 g/mol. The number of fused-ring (bicyclic) bond motifs is 1. The van der Waals surface area contributed by atoms with E-state index in [1.807, 2.05) is 0 Å². The minimum absolute atomic E-state index is 0.00914. The Kier molecular flexibility index (Phi) is 3.55. The molecule has 3 aromatic rings. The van der Waals surface area contributed by atoms with Crippen molar-refractivity contribution in [1.29, 1.82) is 0 Å². The van der Waals surface area contributed by atoms with Crippen LogP contribution in [-0.4, -0.2) is 27.2 Å². The first-order valence-corrected chi connectivity index (χ1v) is 6.59. The quantitative estimate of drug-likeness (QED) is 0.692. The standard InChI is InChI=1S/C14H10F3N3O3/c1-2-22-13(21)9-7-12-18-8(10-4-3-5-23-10)6-11(14(15,16)17)20(12)19-9/h3-7H,2H2,1H3. The summed E-state index contributed by atoms with van der Waals surface area (Å²) in [5.41, 5.74) is -1.45. The van der Waals surface area contributed by atoms with Crippen molar-refractivity contribution < 1.29 is 27.1 Å². The highest BCUT2D eigenvalue weighted by molar-refractivity contribution is 5.88. The number of esters is 1. The molecule has 0 N–H and O–H groups in total. The van der Waals surface area contributed by atoms with Gasteiger partial charge in [0, 0.05) is 6.07 Å². The molecule has 9 heteroatoms. The van der Waals surface area contributed by atoms with Gasteiger partial charge in [0.1, 0.15) is 5.69 Å². The maximum Gasteiger partial charge on any atom is 0.433 e. The fourth-order valence-corrected chi connectivity index (χ4v) is 2.03. The monoisotopic (exact) mass is 325 g/mol. The van der Waals surface area contributed by atoms with Crippen molar-refractivity contribution in [2.45, 2.75) is 13.1 Å². The molecule has 0 aliphatic rings. The molecule has 0 atom stereocenters. The minimum atomic E-state index is -4.68. The predicted molar refractivity (Wildman–Crippen MR) is 71.6 cm³/mol. The normalized spacial score (nSPS) is 11.8. The third-order valence-corrected chi connectivity index (χ3v) is 2.98. The maximum atomic E-state index is 13.3. The van der Waals surface area contributed by atoms with Crippen molar-refractivity contribution in [2.75, 3.05) is 6.61 Å². The lowest BCUT2D eigenvalue weighted by molar-refractivity contribution is -0.142. The molecule has 0 spiro atoms. The van der Waals surface area contributed by atoms with Gasteiger partial charge in [-0.25, -0.2) is 14.3 Å². The Morgan fingerprint density at radius 3 is 2.78 bits per heavy atom. The average Bonchev–Trinajstić information content (AvgIpc) is 3.14. The molecule has 3 aromatic heterocycles. The lowest BCUT2D eigenvalue weighted by atomic mass is 10.2. The Hall–Kier alpha value is -2.84. The summed E-state index contributed by atoms with van der Waals surface area (Å²) in [6.07, 6.45) is -3.35. The molecule has 0 radical (unpaired) electrons. The van der Waals surface area contributed by atoms with Gasteiger partial charge in [-0.3, -0.25) is 0 Å². The van der Waals surface area contributed by atoms with Crippen molar-refractivity contribution in [3.8, 4) is 11.5 Å². The molecule has 0 unspecified atom stereocenters. The van der Waals surface area contributed by atoms with Crippen LogP contribution < -0.4 is 0 Å². The second-order valence-electron chi connectivity index (χ2n) is 4.52. The van der Waals surface area contributed by atoms with Gasteiger partial charge in [-0.1, -0.05) is 0 Å². The Morgan fingerprint density at radius 1 is 1.39 bits per heavy atom. The highest BCUT2D eigenvalue weighted by Crippen LogP contribution is 2.32. The topological polar surface area (TPSA) is 69.6 Å². The van der Waals surface area contributed by atoms with Gasteiger partial charge in [0.2, 0.25) is 0 Å². The zero-order chi connectivity index (χ0) is 16.6. The van der Waals surface area contributed by atoms with Gasteiger partial charge in [0.25, 0.3) is 0 Å². The Balaban J connectivity index is 2.21. The minimum Gasteiger partial charge on any atom is -0.463 e. The lowest BCUT2D eigenvalue weighted by Crippen LogP contribution is -2.14. The molecule has 0 aliphatic carbocycles. The highest BCUT2D eigenvalue weighted by atomic mass is 19.4. The number of rotatable bonds is 3. The molecule has 0 bridgehead atoms. The summed E-state index contributed by atoms with van der Waals surface area (Å²) < 4.78 is 50.2. The second kappa shape index (κ2) is 5.41. The van der Waals surface area contributed by atoms with Gasteiger partial charge in [0.05, 0.1) is 12.9 Å². The molecule has 0 aromatic carbocycles. The fourth-order valence-electron chi connectivity index (χ4n) is 2.03. The van der Waals surface area contributed by atoms with Crippen molar-refractivity contribution >= 4 is 11.6 Å². The molecule has 120 valence electrons. The number of hydrogen-bond acceptors (Lipinski definition) is 5. The van der Waals surface area contributed by atoms with E-state index in [0.717, 1.165) is 12.1 Å². The summed E-state index contributed by atoms with van der Waals surface area (Å²) in [5.74, 6) is -0.637. The number of aromatic nitrogens is 3. The fraction of sp³-hybridized carbons (Fsp3) is 0.214. The van der Waals surface area contributed by atoms with Gasteiger partial charge in [-0.05, 0) is 25.1 Å². The van der Waals surface area contributed by atoms with Gasteiger partial charge >= 0.3 is 12.1 Å². The van der Waals surface area contributed by atoms with E-state index in [4.69, 9.17) is 9.15 Å². The molecule has 23 heavy (non-hydrogen) atoms. The van der Waals surface area contributed by atoms with Crippen LogP contribution in [0.5, 0.6) is 0 Å².